The van der Waals surface area contributed by atoms with E-state index in [1.807, 2.05) is 6.07 Å². The van der Waals surface area contributed by atoms with Gasteiger partial charge in [0.05, 0.1) is 42.5 Å². The Labute approximate surface area is 131 Å². The molecule has 0 aliphatic heterocycles. The maximum Gasteiger partial charge on any atom is 0.261 e. The average Bonchev–Trinajstić information content (AvgIpc) is 2.58. The summed E-state index contributed by atoms with van der Waals surface area (Å²) >= 11 is 0. The summed E-state index contributed by atoms with van der Waals surface area (Å²) in [6.07, 6.45) is 1.36. The molecule has 3 rings (SSSR count). The molecule has 23 heavy (non-hydrogen) atoms. The Balaban J connectivity index is 2.06. The Hall–Kier alpha value is -3.20. The average molecular weight is 309 g/mol. The van der Waals surface area contributed by atoms with Crippen molar-refractivity contribution in [3.8, 4) is 11.8 Å². The van der Waals surface area contributed by atoms with Gasteiger partial charge in [-0.2, -0.15) is 5.26 Å². The number of rotatable bonds is 3. The zero-order valence-electron chi connectivity index (χ0n) is 12.3. The van der Waals surface area contributed by atoms with Crippen LogP contribution in [0.3, 0.4) is 0 Å². The molecular weight excluding hydrogens is 297 g/mol. The third kappa shape index (κ3) is 2.77. The molecule has 0 fully saturated rings. The number of nitrogens with zero attached hydrogens (tertiary/aromatic N) is 3. The number of ether oxygens (including phenoxy) is 1. The highest BCUT2D eigenvalue weighted by atomic mass is 19.1. The molecule has 0 spiro atoms. The van der Waals surface area contributed by atoms with E-state index in [0.717, 1.165) is 0 Å². The van der Waals surface area contributed by atoms with Crippen LogP contribution in [0.1, 0.15) is 11.1 Å². The van der Waals surface area contributed by atoms with Crippen LogP contribution in [-0.2, 0) is 6.54 Å². The lowest BCUT2D eigenvalue weighted by atomic mass is 10.1. The van der Waals surface area contributed by atoms with Crippen LogP contribution in [0.2, 0.25) is 0 Å². The van der Waals surface area contributed by atoms with E-state index < -0.39 is 5.82 Å². The highest BCUT2D eigenvalue weighted by Gasteiger charge is 2.09. The molecule has 6 heteroatoms. The maximum atomic E-state index is 13.9. The van der Waals surface area contributed by atoms with Crippen LogP contribution in [0.4, 0.5) is 4.39 Å². The smallest absolute Gasteiger partial charge is 0.261 e. The van der Waals surface area contributed by atoms with Crippen molar-refractivity contribution < 1.29 is 9.13 Å². The Morgan fingerprint density at radius 2 is 2.13 bits per heavy atom. The third-order valence-electron chi connectivity index (χ3n) is 3.55. The zero-order chi connectivity index (χ0) is 16.4. The van der Waals surface area contributed by atoms with Crippen molar-refractivity contribution in [2.24, 2.45) is 0 Å². The van der Waals surface area contributed by atoms with E-state index in [1.165, 1.54) is 36.2 Å². The number of aromatic nitrogens is 2. The fourth-order valence-electron chi connectivity index (χ4n) is 2.33. The molecule has 3 aromatic rings. The first kappa shape index (κ1) is 14.7. The second kappa shape index (κ2) is 5.89. The first-order chi connectivity index (χ1) is 11.1. The fourth-order valence-corrected chi connectivity index (χ4v) is 2.33. The minimum absolute atomic E-state index is 0.00908. The van der Waals surface area contributed by atoms with Gasteiger partial charge < -0.3 is 4.74 Å². The van der Waals surface area contributed by atoms with E-state index in [-0.39, 0.29) is 17.7 Å². The second-order valence-corrected chi connectivity index (χ2v) is 4.98. The summed E-state index contributed by atoms with van der Waals surface area (Å²) in [5, 5.41) is 9.32. The Kier molecular flexibility index (Phi) is 3.77. The first-order valence-corrected chi connectivity index (χ1v) is 6.84. The van der Waals surface area contributed by atoms with E-state index in [2.05, 4.69) is 4.98 Å². The molecule has 0 bridgehead atoms. The minimum Gasteiger partial charge on any atom is -0.497 e. The predicted octanol–water partition coefficient (Wildman–Crippen LogP) is 2.46. The van der Waals surface area contributed by atoms with E-state index >= 15 is 0 Å². The lowest BCUT2D eigenvalue weighted by Gasteiger charge is -2.08. The van der Waals surface area contributed by atoms with Crippen molar-refractivity contribution in [3.63, 3.8) is 0 Å². The van der Waals surface area contributed by atoms with Crippen LogP contribution in [0.25, 0.3) is 10.9 Å². The van der Waals surface area contributed by atoms with Gasteiger partial charge in [-0.05, 0) is 30.3 Å². The molecule has 0 aliphatic carbocycles. The van der Waals surface area contributed by atoms with E-state index in [4.69, 9.17) is 10.00 Å². The monoisotopic (exact) mass is 309 g/mol. The quantitative estimate of drug-likeness (QED) is 0.745. The van der Waals surface area contributed by atoms with Crippen LogP contribution < -0.4 is 10.3 Å². The van der Waals surface area contributed by atoms with Gasteiger partial charge in [0.1, 0.15) is 11.6 Å². The third-order valence-corrected chi connectivity index (χ3v) is 3.55. The van der Waals surface area contributed by atoms with Gasteiger partial charge in [-0.15, -0.1) is 0 Å². The Bertz CT molecular complexity index is 989. The summed E-state index contributed by atoms with van der Waals surface area (Å²) < 4.78 is 20.3. The number of benzene rings is 2. The molecular formula is C17H12FN3O2. The molecule has 2 aromatic carbocycles. The molecule has 0 unspecified atom stereocenters. The highest BCUT2D eigenvalue weighted by Crippen LogP contribution is 2.16. The van der Waals surface area contributed by atoms with E-state index in [1.54, 1.807) is 18.2 Å². The summed E-state index contributed by atoms with van der Waals surface area (Å²) in [5.41, 5.74) is 0.838. The van der Waals surface area contributed by atoms with Gasteiger partial charge in [0.2, 0.25) is 0 Å². The molecule has 1 aromatic heterocycles. The van der Waals surface area contributed by atoms with Crippen LogP contribution in [-0.4, -0.2) is 16.7 Å². The van der Waals surface area contributed by atoms with Crippen LogP contribution in [0.15, 0.2) is 47.5 Å². The second-order valence-electron chi connectivity index (χ2n) is 4.98. The molecule has 0 saturated carbocycles. The van der Waals surface area contributed by atoms with Crippen molar-refractivity contribution in [2.75, 3.05) is 7.11 Å². The van der Waals surface area contributed by atoms with Gasteiger partial charge in [0.25, 0.3) is 5.56 Å². The topological polar surface area (TPSA) is 67.9 Å². The number of fused-ring (bicyclic) bond motifs is 1. The van der Waals surface area contributed by atoms with Crippen LogP contribution >= 0.6 is 0 Å². The molecule has 114 valence electrons. The van der Waals surface area contributed by atoms with Crippen molar-refractivity contribution >= 4 is 10.9 Å². The molecule has 0 atom stereocenters. The normalized spacial score (nSPS) is 10.5. The molecule has 5 nitrogen and oxygen atoms in total. The van der Waals surface area contributed by atoms with Crippen LogP contribution in [0.5, 0.6) is 5.75 Å². The molecule has 1 heterocycles. The predicted molar refractivity (Wildman–Crippen MR) is 82.8 cm³/mol. The minimum atomic E-state index is -0.467. The Morgan fingerprint density at radius 3 is 2.87 bits per heavy atom. The first-order valence-electron chi connectivity index (χ1n) is 6.84. The SMILES string of the molecule is COc1ccc2c(=O)n(Cc3cc(C#N)ccc3F)cnc2c1. The van der Waals surface area contributed by atoms with Crippen molar-refractivity contribution in [3.05, 3.63) is 70.0 Å². The van der Waals surface area contributed by atoms with Gasteiger partial charge in [-0.1, -0.05) is 0 Å². The van der Waals surface area contributed by atoms with Gasteiger partial charge in [-0.3, -0.25) is 9.36 Å². The van der Waals surface area contributed by atoms with Gasteiger partial charge in [0.15, 0.2) is 0 Å². The highest BCUT2D eigenvalue weighted by molar-refractivity contribution is 5.78. The molecule has 0 amide bonds. The summed E-state index contributed by atoms with van der Waals surface area (Å²) in [6, 6.07) is 11.0. The summed E-state index contributed by atoms with van der Waals surface area (Å²) in [5.74, 6) is 0.139. The zero-order valence-corrected chi connectivity index (χ0v) is 12.3. The number of hydrogen-bond acceptors (Lipinski definition) is 4. The van der Waals surface area contributed by atoms with Crippen molar-refractivity contribution in [2.45, 2.75) is 6.54 Å². The lowest BCUT2D eigenvalue weighted by Crippen LogP contribution is -2.21. The van der Waals surface area contributed by atoms with Crippen LogP contribution in [0, 0.1) is 17.1 Å². The largest absolute Gasteiger partial charge is 0.497 e. The van der Waals surface area contributed by atoms with Crippen molar-refractivity contribution in [1.29, 1.82) is 5.26 Å². The standard InChI is InChI=1S/C17H12FN3O2/c1-23-13-3-4-14-16(7-13)20-10-21(17(14)22)9-12-6-11(8-19)2-5-15(12)18/h2-7,10H,9H2,1H3. The lowest BCUT2D eigenvalue weighted by molar-refractivity contribution is 0.415. The maximum absolute atomic E-state index is 13.9. The molecule has 0 N–H and O–H groups in total. The molecule has 0 aliphatic rings. The molecule has 0 radical (unpaired) electrons. The fraction of sp³-hybridized carbons (Fsp3) is 0.118. The number of nitriles is 1. The summed E-state index contributed by atoms with van der Waals surface area (Å²) in [7, 11) is 1.54. The number of hydrogen-bond donors (Lipinski definition) is 0. The number of halogens is 1. The van der Waals surface area contributed by atoms with Gasteiger partial charge >= 0.3 is 0 Å². The summed E-state index contributed by atoms with van der Waals surface area (Å²) in [4.78, 5) is 16.7. The summed E-state index contributed by atoms with van der Waals surface area (Å²) in [6.45, 7) is 0.00908. The van der Waals surface area contributed by atoms with Gasteiger partial charge in [-0.25, -0.2) is 9.37 Å². The molecule has 0 saturated heterocycles. The number of methoxy groups -OCH3 is 1. The van der Waals surface area contributed by atoms with Crippen molar-refractivity contribution in [1.82, 2.24) is 9.55 Å². The van der Waals surface area contributed by atoms with E-state index in [9.17, 15) is 9.18 Å². The van der Waals surface area contributed by atoms with E-state index in [0.29, 0.717) is 22.2 Å². The van der Waals surface area contributed by atoms with Gasteiger partial charge in [0, 0.05) is 11.6 Å². The Morgan fingerprint density at radius 1 is 1.30 bits per heavy atom.